The molecule has 33 heavy (non-hydrogen) atoms. The number of anilines is 1. The van der Waals surface area contributed by atoms with Gasteiger partial charge in [-0.1, -0.05) is 37.3 Å². The molecule has 1 unspecified atom stereocenters. The maximum Gasteiger partial charge on any atom is 0.342 e. The zero-order valence-corrected chi connectivity index (χ0v) is 18.7. The fraction of sp³-hybridized carbons (Fsp3) is 0.333. The van der Waals surface area contributed by atoms with E-state index < -0.39 is 18.0 Å². The van der Waals surface area contributed by atoms with Crippen LogP contribution in [0.2, 0.25) is 0 Å². The molecule has 0 spiro atoms. The third kappa shape index (κ3) is 4.06. The van der Waals surface area contributed by atoms with Gasteiger partial charge in [0, 0.05) is 18.1 Å². The summed E-state index contributed by atoms with van der Waals surface area (Å²) in [6, 6.07) is 15.8. The van der Waals surface area contributed by atoms with Gasteiger partial charge in [-0.25, -0.2) is 9.18 Å². The quantitative estimate of drug-likeness (QED) is 0.433. The third-order valence-electron chi connectivity index (χ3n) is 6.72. The Morgan fingerprint density at radius 3 is 2.48 bits per heavy atom. The maximum atomic E-state index is 15.1. The van der Waals surface area contributed by atoms with E-state index >= 15 is 4.39 Å². The monoisotopic (exact) mass is 447 g/mol. The van der Waals surface area contributed by atoms with Crippen LogP contribution in [-0.4, -0.2) is 18.1 Å². The summed E-state index contributed by atoms with van der Waals surface area (Å²) in [7, 11) is 0. The van der Waals surface area contributed by atoms with Gasteiger partial charge in [0.2, 0.25) is 5.91 Å². The van der Waals surface area contributed by atoms with E-state index in [1.54, 1.807) is 13.0 Å². The van der Waals surface area contributed by atoms with E-state index in [9.17, 15) is 9.59 Å². The highest BCUT2D eigenvalue weighted by molar-refractivity contribution is 6.06. The summed E-state index contributed by atoms with van der Waals surface area (Å²) in [5.41, 5.74) is 0.369. The van der Waals surface area contributed by atoms with Crippen LogP contribution in [0.1, 0.15) is 49.9 Å². The highest BCUT2D eigenvalue weighted by Gasteiger charge is 2.39. The first-order valence-electron chi connectivity index (χ1n) is 11.4. The van der Waals surface area contributed by atoms with E-state index in [-0.39, 0.29) is 28.8 Å². The summed E-state index contributed by atoms with van der Waals surface area (Å²) >= 11 is 0. The SMILES string of the molecule is CC1CCC(C(=O)N2c3cc(F)c(Oc4ccc5ccccc5c4)cc3C(=O)OC2C)CC1. The van der Waals surface area contributed by atoms with Crippen LogP contribution in [0.4, 0.5) is 10.1 Å². The molecule has 1 saturated carbocycles. The van der Waals surface area contributed by atoms with Crippen molar-refractivity contribution in [3.05, 3.63) is 66.0 Å². The van der Waals surface area contributed by atoms with Crippen LogP contribution in [0.15, 0.2) is 54.6 Å². The summed E-state index contributed by atoms with van der Waals surface area (Å²) in [6.45, 7) is 3.83. The summed E-state index contributed by atoms with van der Waals surface area (Å²) < 4.78 is 26.4. The highest BCUT2D eigenvalue weighted by Crippen LogP contribution is 2.39. The summed E-state index contributed by atoms with van der Waals surface area (Å²) in [5.74, 6) is -0.536. The second-order valence-corrected chi connectivity index (χ2v) is 9.08. The number of halogens is 1. The zero-order valence-electron chi connectivity index (χ0n) is 18.7. The van der Waals surface area contributed by atoms with E-state index in [0.29, 0.717) is 11.7 Å². The molecule has 2 aliphatic rings. The van der Waals surface area contributed by atoms with Gasteiger partial charge in [0.15, 0.2) is 17.8 Å². The van der Waals surface area contributed by atoms with Gasteiger partial charge in [-0.15, -0.1) is 0 Å². The minimum Gasteiger partial charge on any atom is -0.454 e. The zero-order chi connectivity index (χ0) is 23.1. The molecule has 3 aromatic rings. The first-order chi connectivity index (χ1) is 15.9. The molecule has 0 aromatic heterocycles. The lowest BCUT2D eigenvalue weighted by molar-refractivity contribution is -0.125. The minimum absolute atomic E-state index is 0.0885. The molecule has 0 saturated heterocycles. The van der Waals surface area contributed by atoms with Crippen molar-refractivity contribution in [1.82, 2.24) is 0 Å². The van der Waals surface area contributed by atoms with Crippen LogP contribution in [-0.2, 0) is 9.53 Å². The van der Waals surface area contributed by atoms with Crippen LogP contribution >= 0.6 is 0 Å². The van der Waals surface area contributed by atoms with Crippen LogP contribution in [0.5, 0.6) is 11.5 Å². The average Bonchev–Trinajstić information content (AvgIpc) is 2.80. The van der Waals surface area contributed by atoms with Crippen molar-refractivity contribution in [2.24, 2.45) is 11.8 Å². The molecule has 0 bridgehead atoms. The molecule has 1 aliphatic carbocycles. The molecule has 1 atom stereocenters. The van der Waals surface area contributed by atoms with Crippen molar-refractivity contribution in [3.8, 4) is 11.5 Å². The lowest BCUT2D eigenvalue weighted by Gasteiger charge is -2.37. The number of carbonyl (C=O) groups is 2. The Morgan fingerprint density at radius 1 is 1.00 bits per heavy atom. The van der Waals surface area contributed by atoms with E-state index in [4.69, 9.17) is 9.47 Å². The van der Waals surface area contributed by atoms with Crippen molar-refractivity contribution < 1.29 is 23.5 Å². The molecular weight excluding hydrogens is 421 g/mol. The number of fused-ring (bicyclic) bond motifs is 2. The van der Waals surface area contributed by atoms with E-state index in [2.05, 4.69) is 6.92 Å². The molecule has 1 heterocycles. The predicted octanol–water partition coefficient (Wildman–Crippen LogP) is 6.45. The number of rotatable bonds is 3. The number of cyclic esters (lactones) is 1. The molecule has 5 rings (SSSR count). The third-order valence-corrected chi connectivity index (χ3v) is 6.72. The van der Waals surface area contributed by atoms with E-state index in [1.807, 2.05) is 36.4 Å². The maximum absolute atomic E-state index is 15.1. The lowest BCUT2D eigenvalue weighted by atomic mass is 9.82. The molecule has 170 valence electrons. The summed E-state index contributed by atoms with van der Waals surface area (Å²) in [4.78, 5) is 27.4. The van der Waals surface area contributed by atoms with Crippen LogP contribution in [0, 0.1) is 17.7 Å². The van der Waals surface area contributed by atoms with Crippen molar-refractivity contribution in [2.75, 3.05) is 4.90 Å². The first kappa shape index (κ1) is 21.4. The molecule has 6 heteroatoms. The first-order valence-corrected chi connectivity index (χ1v) is 11.4. The largest absolute Gasteiger partial charge is 0.454 e. The second-order valence-electron chi connectivity index (χ2n) is 9.08. The Hall–Kier alpha value is -3.41. The van der Waals surface area contributed by atoms with Gasteiger partial charge in [0.05, 0.1) is 11.3 Å². The van der Waals surface area contributed by atoms with Gasteiger partial charge in [-0.05, 0) is 61.4 Å². The number of hydrogen-bond acceptors (Lipinski definition) is 4. The Labute approximate surface area is 192 Å². The Bertz CT molecular complexity index is 1230. The van der Waals surface area contributed by atoms with Gasteiger partial charge in [-0.2, -0.15) is 0 Å². The van der Waals surface area contributed by atoms with Crippen molar-refractivity contribution in [1.29, 1.82) is 0 Å². The standard InChI is InChI=1S/C27H26FNO4/c1-16-7-9-19(10-8-16)26(30)29-17(2)32-27(31)22-14-25(23(28)15-24(22)29)33-21-12-11-18-5-3-4-6-20(18)13-21/h3-6,11-17,19H,7-10H2,1-2H3. The molecule has 0 radical (unpaired) electrons. The Kier molecular flexibility index (Phi) is 5.52. The van der Waals surface area contributed by atoms with Crippen LogP contribution < -0.4 is 9.64 Å². The van der Waals surface area contributed by atoms with Crippen molar-refractivity contribution in [3.63, 3.8) is 0 Å². The lowest BCUT2D eigenvalue weighted by Crippen LogP contribution is -2.48. The topological polar surface area (TPSA) is 55.8 Å². The molecular formula is C27H26FNO4. The molecule has 0 N–H and O–H groups in total. The fourth-order valence-electron chi connectivity index (χ4n) is 4.81. The van der Waals surface area contributed by atoms with Gasteiger partial charge in [-0.3, -0.25) is 9.69 Å². The molecule has 1 fully saturated rings. The second kappa shape index (κ2) is 8.50. The number of esters is 1. The van der Waals surface area contributed by atoms with Crippen LogP contribution in [0.3, 0.4) is 0 Å². The van der Waals surface area contributed by atoms with Crippen molar-refractivity contribution in [2.45, 2.75) is 45.8 Å². The minimum atomic E-state index is -0.788. The molecule has 3 aromatic carbocycles. The number of carbonyl (C=O) groups excluding carboxylic acids is 2. The molecule has 1 amide bonds. The molecule has 1 aliphatic heterocycles. The van der Waals surface area contributed by atoms with Crippen molar-refractivity contribution >= 4 is 28.3 Å². The molecule has 5 nitrogen and oxygen atoms in total. The van der Waals surface area contributed by atoms with Gasteiger partial charge in [0.1, 0.15) is 5.75 Å². The summed E-state index contributed by atoms with van der Waals surface area (Å²) in [5, 5.41) is 2.00. The smallest absolute Gasteiger partial charge is 0.342 e. The fourth-order valence-corrected chi connectivity index (χ4v) is 4.81. The average molecular weight is 448 g/mol. The van der Waals surface area contributed by atoms with Gasteiger partial charge in [0.25, 0.3) is 0 Å². The normalized spacial score (nSPS) is 22.6. The number of hydrogen-bond donors (Lipinski definition) is 0. The van der Waals surface area contributed by atoms with Gasteiger partial charge < -0.3 is 9.47 Å². The number of nitrogens with zero attached hydrogens (tertiary/aromatic N) is 1. The predicted molar refractivity (Wildman–Crippen MR) is 124 cm³/mol. The van der Waals surface area contributed by atoms with E-state index in [0.717, 1.165) is 36.5 Å². The number of benzene rings is 3. The Morgan fingerprint density at radius 2 is 1.73 bits per heavy atom. The highest BCUT2D eigenvalue weighted by atomic mass is 19.1. The van der Waals surface area contributed by atoms with Crippen LogP contribution in [0.25, 0.3) is 10.8 Å². The van der Waals surface area contributed by atoms with E-state index in [1.165, 1.54) is 17.0 Å². The number of ether oxygens (including phenoxy) is 2. The summed E-state index contributed by atoms with van der Waals surface area (Å²) in [6.07, 6.45) is 2.76. The Balaban J connectivity index is 1.47. The van der Waals surface area contributed by atoms with Gasteiger partial charge >= 0.3 is 5.97 Å². The number of amides is 1.